The Hall–Kier alpha value is -2.06. The molecular formula is C17H21N5O2S. The molecule has 0 spiro atoms. The quantitative estimate of drug-likeness (QED) is 0.745. The minimum atomic E-state index is -0.610. The summed E-state index contributed by atoms with van der Waals surface area (Å²) in [6.45, 7) is 5.93. The van der Waals surface area contributed by atoms with E-state index >= 15 is 0 Å². The number of fused-ring (bicyclic) bond motifs is 5. The van der Waals surface area contributed by atoms with Crippen molar-refractivity contribution in [2.75, 3.05) is 6.54 Å². The molecule has 0 bridgehead atoms. The first-order valence-electron chi connectivity index (χ1n) is 8.58. The Morgan fingerprint density at radius 2 is 2.28 bits per heavy atom. The molecule has 0 aromatic carbocycles. The third kappa shape index (κ3) is 2.79. The van der Waals surface area contributed by atoms with Crippen molar-refractivity contribution in [2.45, 2.75) is 46.1 Å². The number of carbonyl (C=O) groups is 1. The molecule has 0 fully saturated rings. The summed E-state index contributed by atoms with van der Waals surface area (Å²) in [7, 11) is 0. The lowest BCUT2D eigenvalue weighted by atomic mass is 9.89. The summed E-state index contributed by atoms with van der Waals surface area (Å²) in [5.41, 5.74) is 2.02. The van der Waals surface area contributed by atoms with Gasteiger partial charge in [0.15, 0.2) is 5.65 Å². The van der Waals surface area contributed by atoms with Gasteiger partial charge >= 0.3 is 0 Å². The van der Waals surface area contributed by atoms with Gasteiger partial charge in [-0.3, -0.25) is 4.79 Å². The zero-order chi connectivity index (χ0) is 17.7. The second-order valence-electron chi connectivity index (χ2n) is 6.92. The lowest BCUT2D eigenvalue weighted by Gasteiger charge is -2.17. The molecule has 0 unspecified atom stereocenters. The van der Waals surface area contributed by atoms with Crippen molar-refractivity contribution >= 4 is 33.1 Å². The maximum Gasteiger partial charge on any atom is 0.291 e. The zero-order valence-electron chi connectivity index (χ0n) is 14.5. The van der Waals surface area contributed by atoms with Crippen LogP contribution in [-0.2, 0) is 12.8 Å². The van der Waals surface area contributed by atoms with Crippen molar-refractivity contribution in [3.63, 3.8) is 0 Å². The molecule has 0 aliphatic heterocycles. The molecule has 2 atom stereocenters. The van der Waals surface area contributed by atoms with E-state index in [2.05, 4.69) is 27.3 Å². The Kier molecular flexibility index (Phi) is 3.96. The first-order chi connectivity index (χ1) is 11.9. The second-order valence-corrected chi connectivity index (χ2v) is 8.00. The molecule has 1 aliphatic rings. The molecule has 2 N–H and O–H groups in total. The molecule has 1 amide bonds. The van der Waals surface area contributed by atoms with Crippen molar-refractivity contribution in [1.82, 2.24) is 24.9 Å². The molecule has 7 nitrogen and oxygen atoms in total. The fourth-order valence-corrected chi connectivity index (χ4v) is 4.62. The van der Waals surface area contributed by atoms with Crippen LogP contribution < -0.4 is 5.32 Å². The van der Waals surface area contributed by atoms with Gasteiger partial charge < -0.3 is 10.4 Å². The summed E-state index contributed by atoms with van der Waals surface area (Å²) in [6, 6.07) is 0. The molecule has 4 rings (SSSR count). The standard InChI is InChI=1S/C17H21N5O2S/c1-8-4-5-12-11(6-8)13-15-20-14(16(24)18-7-9(2)23)21-22(15)10(3)19-17(13)25-12/h8-9,23H,4-7H2,1-3H3,(H,18,24)/t8-,9+/m1/s1. The van der Waals surface area contributed by atoms with Crippen LogP contribution in [0.15, 0.2) is 0 Å². The van der Waals surface area contributed by atoms with Crippen LogP contribution in [0.3, 0.4) is 0 Å². The van der Waals surface area contributed by atoms with Crippen molar-refractivity contribution < 1.29 is 9.90 Å². The van der Waals surface area contributed by atoms with E-state index in [4.69, 9.17) is 0 Å². The fourth-order valence-electron chi connectivity index (χ4n) is 3.36. The van der Waals surface area contributed by atoms with E-state index in [1.54, 1.807) is 22.8 Å². The van der Waals surface area contributed by atoms with Gasteiger partial charge in [-0.15, -0.1) is 16.4 Å². The van der Waals surface area contributed by atoms with Crippen molar-refractivity contribution in [1.29, 1.82) is 0 Å². The van der Waals surface area contributed by atoms with Crippen LogP contribution in [0.4, 0.5) is 0 Å². The number of aryl methyl sites for hydroxylation is 2. The molecular weight excluding hydrogens is 338 g/mol. The van der Waals surface area contributed by atoms with E-state index in [1.807, 2.05) is 6.92 Å². The lowest BCUT2D eigenvalue weighted by Crippen LogP contribution is -2.31. The van der Waals surface area contributed by atoms with Crippen LogP contribution in [0, 0.1) is 12.8 Å². The number of aliphatic hydroxyl groups excluding tert-OH is 1. The number of rotatable bonds is 3. The van der Waals surface area contributed by atoms with E-state index in [0.29, 0.717) is 11.6 Å². The Balaban J connectivity index is 1.85. The molecule has 0 saturated heterocycles. The van der Waals surface area contributed by atoms with Crippen LogP contribution in [0.5, 0.6) is 0 Å². The smallest absolute Gasteiger partial charge is 0.291 e. The number of hydrogen-bond donors (Lipinski definition) is 2. The molecule has 8 heteroatoms. The molecule has 25 heavy (non-hydrogen) atoms. The van der Waals surface area contributed by atoms with Crippen LogP contribution in [0.25, 0.3) is 15.9 Å². The molecule has 1 aliphatic carbocycles. The first kappa shape index (κ1) is 16.4. The number of aliphatic hydroxyl groups is 1. The molecule has 0 radical (unpaired) electrons. The van der Waals surface area contributed by atoms with Gasteiger partial charge in [0.2, 0.25) is 5.82 Å². The number of hydrogen-bond acceptors (Lipinski definition) is 6. The molecule has 132 valence electrons. The highest BCUT2D eigenvalue weighted by Crippen LogP contribution is 2.38. The minimum Gasteiger partial charge on any atom is -0.392 e. The zero-order valence-corrected chi connectivity index (χ0v) is 15.4. The topological polar surface area (TPSA) is 92.4 Å². The van der Waals surface area contributed by atoms with Crippen molar-refractivity contribution in [2.24, 2.45) is 5.92 Å². The van der Waals surface area contributed by atoms with Crippen molar-refractivity contribution in [3.8, 4) is 0 Å². The largest absolute Gasteiger partial charge is 0.392 e. The summed E-state index contributed by atoms with van der Waals surface area (Å²) in [5, 5.41) is 17.4. The number of nitrogens with zero attached hydrogens (tertiary/aromatic N) is 4. The van der Waals surface area contributed by atoms with Gasteiger partial charge in [0.25, 0.3) is 5.91 Å². The third-order valence-corrected chi connectivity index (χ3v) is 5.84. The Morgan fingerprint density at radius 3 is 3.04 bits per heavy atom. The van der Waals surface area contributed by atoms with Gasteiger partial charge in [-0.05, 0) is 44.6 Å². The average Bonchev–Trinajstić information content (AvgIpc) is 3.13. The summed E-state index contributed by atoms with van der Waals surface area (Å²) >= 11 is 1.74. The number of carbonyl (C=O) groups excluding carboxylic acids is 1. The van der Waals surface area contributed by atoms with E-state index in [1.165, 1.54) is 16.9 Å². The highest BCUT2D eigenvalue weighted by atomic mass is 32.1. The maximum absolute atomic E-state index is 12.3. The predicted octanol–water partition coefficient (Wildman–Crippen LogP) is 1.88. The number of aromatic nitrogens is 4. The Morgan fingerprint density at radius 1 is 1.48 bits per heavy atom. The molecule has 3 aromatic rings. The highest BCUT2D eigenvalue weighted by molar-refractivity contribution is 7.19. The Labute approximate surface area is 149 Å². The fraction of sp³-hybridized carbons (Fsp3) is 0.529. The van der Waals surface area contributed by atoms with Crippen molar-refractivity contribution in [3.05, 3.63) is 22.1 Å². The second kappa shape index (κ2) is 6.03. The summed E-state index contributed by atoms with van der Waals surface area (Å²) in [4.78, 5) is 23.8. The van der Waals surface area contributed by atoms with Gasteiger partial charge in [0, 0.05) is 11.4 Å². The van der Waals surface area contributed by atoms with E-state index in [-0.39, 0.29) is 18.3 Å². The van der Waals surface area contributed by atoms with E-state index in [9.17, 15) is 9.90 Å². The van der Waals surface area contributed by atoms with Crippen LogP contribution in [-0.4, -0.2) is 43.2 Å². The van der Waals surface area contributed by atoms with E-state index < -0.39 is 6.10 Å². The average molecular weight is 359 g/mol. The maximum atomic E-state index is 12.3. The van der Waals surface area contributed by atoms with Crippen LogP contribution in [0.1, 0.15) is 47.2 Å². The summed E-state index contributed by atoms with van der Waals surface area (Å²) in [6.07, 6.45) is 2.70. The SMILES string of the molecule is Cc1nc2sc3c(c2c2nc(C(=O)NC[C@H](C)O)nn12)C[C@H](C)CC3. The first-order valence-corrected chi connectivity index (χ1v) is 9.39. The van der Waals surface area contributed by atoms with Crippen LogP contribution in [0.2, 0.25) is 0 Å². The number of nitrogens with one attached hydrogen (secondary N) is 1. The number of amides is 1. The highest BCUT2D eigenvalue weighted by Gasteiger charge is 2.25. The van der Waals surface area contributed by atoms with Gasteiger partial charge in [0.05, 0.1) is 11.5 Å². The minimum absolute atomic E-state index is 0.113. The number of thiophene rings is 1. The van der Waals surface area contributed by atoms with E-state index in [0.717, 1.165) is 28.9 Å². The van der Waals surface area contributed by atoms with Gasteiger partial charge in [-0.25, -0.2) is 9.97 Å². The Bertz CT molecular complexity index is 975. The molecule has 3 heterocycles. The molecule has 0 saturated carbocycles. The molecule has 3 aromatic heterocycles. The third-order valence-electron chi connectivity index (χ3n) is 4.65. The predicted molar refractivity (Wildman–Crippen MR) is 96.1 cm³/mol. The lowest BCUT2D eigenvalue weighted by molar-refractivity contribution is 0.0914. The normalized spacial score (nSPS) is 18.5. The monoisotopic (exact) mass is 359 g/mol. The summed E-state index contributed by atoms with van der Waals surface area (Å²) < 4.78 is 1.66. The summed E-state index contributed by atoms with van der Waals surface area (Å²) in [5.74, 6) is 1.09. The van der Waals surface area contributed by atoms with Gasteiger partial charge in [-0.2, -0.15) is 4.52 Å². The van der Waals surface area contributed by atoms with Gasteiger partial charge in [0.1, 0.15) is 10.7 Å². The van der Waals surface area contributed by atoms with Crippen LogP contribution >= 0.6 is 11.3 Å². The van der Waals surface area contributed by atoms with Gasteiger partial charge in [-0.1, -0.05) is 6.92 Å².